The average Bonchev–Trinajstić information content (AvgIpc) is 2.80. The van der Waals surface area contributed by atoms with Crippen molar-refractivity contribution in [2.24, 2.45) is 17.4 Å². The Hall–Kier alpha value is -3.79. The van der Waals surface area contributed by atoms with Gasteiger partial charge in [-0.05, 0) is 18.8 Å². The summed E-state index contributed by atoms with van der Waals surface area (Å²) in [7, 11) is 0. The molecule has 36 heavy (non-hydrogen) atoms. The highest BCUT2D eigenvalue weighted by Crippen LogP contribution is 2.05. The number of carboxylic acids is 1. The lowest BCUT2D eigenvalue weighted by atomic mass is 10.0. The molecule has 0 aromatic carbocycles. The van der Waals surface area contributed by atoms with Crippen molar-refractivity contribution in [3.8, 4) is 0 Å². The van der Waals surface area contributed by atoms with Gasteiger partial charge in [0.1, 0.15) is 18.1 Å². The second kappa shape index (κ2) is 16.8. The third-order valence-electron chi connectivity index (χ3n) is 4.54. The summed E-state index contributed by atoms with van der Waals surface area (Å²) in [5.41, 5.74) is 10.1. The van der Waals surface area contributed by atoms with Gasteiger partial charge in [0, 0.05) is 6.42 Å². The second-order valence-corrected chi connectivity index (χ2v) is 8.16. The maximum absolute atomic E-state index is 12.5. The van der Waals surface area contributed by atoms with E-state index in [0.717, 1.165) is 0 Å². The lowest BCUT2D eigenvalue weighted by molar-refractivity contribution is -0.142. The zero-order valence-corrected chi connectivity index (χ0v) is 20.2. The minimum absolute atomic E-state index is 0.0206. The van der Waals surface area contributed by atoms with Crippen LogP contribution in [0.3, 0.4) is 0 Å². The highest BCUT2D eigenvalue weighted by Gasteiger charge is 2.27. The zero-order valence-electron chi connectivity index (χ0n) is 20.2. The molecule has 0 aromatic heterocycles. The van der Waals surface area contributed by atoms with Crippen LogP contribution in [-0.4, -0.2) is 96.0 Å². The minimum Gasteiger partial charge on any atom is -0.480 e. The number of rotatable bonds is 17. The predicted octanol–water partition coefficient (Wildman–Crippen LogP) is -4.98. The molecule has 0 aliphatic rings. The van der Waals surface area contributed by atoms with Gasteiger partial charge in [-0.2, -0.15) is 0 Å². The molecule has 0 heterocycles. The van der Waals surface area contributed by atoms with Crippen LogP contribution >= 0.6 is 0 Å². The van der Waals surface area contributed by atoms with Crippen molar-refractivity contribution in [1.82, 2.24) is 26.6 Å². The van der Waals surface area contributed by atoms with E-state index in [9.17, 15) is 38.7 Å². The van der Waals surface area contributed by atoms with Gasteiger partial charge in [-0.3, -0.25) is 28.8 Å². The van der Waals surface area contributed by atoms with E-state index in [4.69, 9.17) is 16.6 Å². The first-order chi connectivity index (χ1) is 16.8. The third-order valence-corrected chi connectivity index (χ3v) is 4.54. The van der Waals surface area contributed by atoms with Gasteiger partial charge in [-0.15, -0.1) is 0 Å². The maximum Gasteiger partial charge on any atom is 0.326 e. The number of aliphatic hydroxyl groups is 1. The van der Waals surface area contributed by atoms with Crippen LogP contribution in [-0.2, 0) is 33.6 Å². The number of aliphatic carboxylic acids is 1. The first-order valence-electron chi connectivity index (χ1n) is 11.1. The number of carbonyl (C=O) groups excluding carboxylic acids is 6. The number of hydrogen-bond donors (Lipinski definition) is 9. The summed E-state index contributed by atoms with van der Waals surface area (Å²) in [6.07, 6.45) is -0.391. The van der Waals surface area contributed by atoms with Gasteiger partial charge in [-0.1, -0.05) is 13.8 Å². The van der Waals surface area contributed by atoms with E-state index in [2.05, 4.69) is 26.6 Å². The summed E-state index contributed by atoms with van der Waals surface area (Å²) in [5, 5.41) is 29.8. The summed E-state index contributed by atoms with van der Waals surface area (Å²) in [6.45, 7) is 1.38. The molecular weight excluding hydrogens is 482 g/mol. The molecule has 16 nitrogen and oxygen atoms in total. The van der Waals surface area contributed by atoms with E-state index in [1.165, 1.54) is 0 Å². The van der Waals surface area contributed by atoms with Gasteiger partial charge in [0.25, 0.3) is 0 Å². The normalized spacial score (nSPS) is 13.0. The monoisotopic (exact) mass is 517 g/mol. The lowest BCUT2D eigenvalue weighted by Crippen LogP contribution is -2.55. The standard InChI is InChI=1S/C20H35N7O9/c1-10(2)5-12(25-16(31)7-23-15(30)6-21)18(33)24-8-17(32)26-13(9-28)19(34)27-11(20(35)36)3-4-14(22)29/h10-13,28H,3-9,21H2,1-2H3,(H2,22,29)(H,23,30)(H,24,33)(H,25,31)(H,26,32)(H,27,34)(H,35,36)/t11-,12-,13-/m0/s1. The Morgan fingerprint density at radius 2 is 1.33 bits per heavy atom. The maximum atomic E-state index is 12.5. The van der Waals surface area contributed by atoms with Gasteiger partial charge in [-0.25, -0.2) is 4.79 Å². The number of hydrogen-bond acceptors (Lipinski definition) is 9. The van der Waals surface area contributed by atoms with Gasteiger partial charge in [0.15, 0.2) is 0 Å². The molecule has 0 spiro atoms. The first kappa shape index (κ1) is 32.2. The summed E-state index contributed by atoms with van der Waals surface area (Å²) in [5.74, 6) is -6.07. The van der Waals surface area contributed by atoms with Gasteiger partial charge in [0.2, 0.25) is 35.4 Å². The van der Waals surface area contributed by atoms with E-state index in [1.54, 1.807) is 13.8 Å². The Kier molecular flexibility index (Phi) is 15.0. The van der Waals surface area contributed by atoms with Crippen molar-refractivity contribution in [1.29, 1.82) is 0 Å². The quantitative estimate of drug-likeness (QED) is 0.0886. The van der Waals surface area contributed by atoms with Gasteiger partial charge < -0.3 is 48.3 Å². The predicted molar refractivity (Wildman–Crippen MR) is 123 cm³/mol. The van der Waals surface area contributed by atoms with E-state index in [-0.39, 0.29) is 31.7 Å². The van der Waals surface area contributed by atoms with E-state index >= 15 is 0 Å². The van der Waals surface area contributed by atoms with Crippen molar-refractivity contribution >= 4 is 41.4 Å². The molecule has 3 atom stereocenters. The second-order valence-electron chi connectivity index (χ2n) is 8.16. The fourth-order valence-corrected chi connectivity index (χ4v) is 2.75. The molecule has 0 fully saturated rings. The highest BCUT2D eigenvalue weighted by atomic mass is 16.4. The Morgan fingerprint density at radius 3 is 1.81 bits per heavy atom. The number of carboxylic acid groups (broad SMARTS) is 1. The number of nitrogens with one attached hydrogen (secondary N) is 5. The molecular formula is C20H35N7O9. The molecule has 0 aliphatic carbocycles. The van der Waals surface area contributed by atoms with Gasteiger partial charge in [0.05, 0.1) is 26.2 Å². The molecule has 0 aliphatic heterocycles. The van der Waals surface area contributed by atoms with Crippen molar-refractivity contribution < 1.29 is 43.8 Å². The summed E-state index contributed by atoms with van der Waals surface area (Å²) < 4.78 is 0. The molecule has 0 unspecified atom stereocenters. The number of amides is 6. The molecule has 0 aromatic rings. The molecule has 0 rings (SSSR count). The fraction of sp³-hybridized carbons (Fsp3) is 0.650. The third kappa shape index (κ3) is 13.8. The van der Waals surface area contributed by atoms with E-state index in [1.807, 2.05) is 0 Å². The zero-order chi connectivity index (χ0) is 27.8. The van der Waals surface area contributed by atoms with Crippen LogP contribution in [0.1, 0.15) is 33.1 Å². The molecule has 6 amide bonds. The lowest BCUT2D eigenvalue weighted by Gasteiger charge is -2.21. The highest BCUT2D eigenvalue weighted by molar-refractivity contribution is 5.94. The van der Waals surface area contributed by atoms with Gasteiger partial charge >= 0.3 is 5.97 Å². The van der Waals surface area contributed by atoms with Crippen LogP contribution in [0, 0.1) is 5.92 Å². The van der Waals surface area contributed by atoms with Crippen LogP contribution in [0.25, 0.3) is 0 Å². The molecule has 204 valence electrons. The van der Waals surface area contributed by atoms with Crippen molar-refractivity contribution in [2.75, 3.05) is 26.2 Å². The SMILES string of the molecule is CC(C)C[C@H](NC(=O)CNC(=O)CN)C(=O)NCC(=O)N[C@@H](CO)C(=O)N[C@@H](CCC(N)=O)C(=O)O. The topological polar surface area (TPSA) is 272 Å². The Balaban J connectivity index is 4.92. The fourth-order valence-electron chi connectivity index (χ4n) is 2.75. The number of primary amides is 1. The summed E-state index contributed by atoms with van der Waals surface area (Å²) >= 11 is 0. The van der Waals surface area contributed by atoms with E-state index in [0.29, 0.717) is 0 Å². The van der Waals surface area contributed by atoms with Crippen LogP contribution in [0.4, 0.5) is 0 Å². The smallest absolute Gasteiger partial charge is 0.326 e. The van der Waals surface area contributed by atoms with E-state index < -0.39 is 79.2 Å². The first-order valence-corrected chi connectivity index (χ1v) is 11.1. The Morgan fingerprint density at radius 1 is 0.778 bits per heavy atom. The molecule has 0 saturated carbocycles. The number of aliphatic hydroxyl groups excluding tert-OH is 1. The largest absolute Gasteiger partial charge is 0.480 e. The van der Waals surface area contributed by atoms with Crippen molar-refractivity contribution in [3.63, 3.8) is 0 Å². The van der Waals surface area contributed by atoms with Crippen LogP contribution in [0.15, 0.2) is 0 Å². The molecule has 11 N–H and O–H groups in total. The van der Waals surface area contributed by atoms with Crippen molar-refractivity contribution in [3.05, 3.63) is 0 Å². The van der Waals surface area contributed by atoms with Crippen LogP contribution in [0.2, 0.25) is 0 Å². The number of nitrogens with two attached hydrogens (primary N) is 2. The van der Waals surface area contributed by atoms with Crippen LogP contribution < -0.4 is 38.1 Å². The molecule has 0 saturated heterocycles. The Bertz CT molecular complexity index is 819. The molecule has 0 bridgehead atoms. The molecule has 16 heteroatoms. The number of carbonyl (C=O) groups is 7. The molecule has 0 radical (unpaired) electrons. The average molecular weight is 518 g/mol. The summed E-state index contributed by atoms with van der Waals surface area (Å²) in [6, 6.07) is -4.05. The summed E-state index contributed by atoms with van der Waals surface area (Å²) in [4.78, 5) is 82.2. The van der Waals surface area contributed by atoms with Crippen LogP contribution in [0.5, 0.6) is 0 Å². The Labute approximate surface area is 207 Å². The minimum atomic E-state index is -1.54. The van der Waals surface area contributed by atoms with Crippen molar-refractivity contribution in [2.45, 2.75) is 51.2 Å².